The van der Waals surface area contributed by atoms with Gasteiger partial charge in [0.05, 0.1) is 18.7 Å². The highest BCUT2D eigenvalue weighted by atomic mass is 35.5. The molecule has 2 N–H and O–H groups in total. The van der Waals surface area contributed by atoms with Crippen molar-refractivity contribution in [2.75, 3.05) is 20.8 Å². The van der Waals surface area contributed by atoms with Crippen molar-refractivity contribution >= 4 is 17.5 Å². The van der Waals surface area contributed by atoms with E-state index in [-0.39, 0.29) is 19.1 Å². The van der Waals surface area contributed by atoms with Crippen LogP contribution in [0.1, 0.15) is 5.56 Å². The van der Waals surface area contributed by atoms with Gasteiger partial charge in [-0.3, -0.25) is 4.79 Å². The molecular formula is C11H14ClNO4. The lowest BCUT2D eigenvalue weighted by atomic mass is 10.2. The fourth-order valence-corrected chi connectivity index (χ4v) is 1.46. The van der Waals surface area contributed by atoms with Crippen LogP contribution in [0, 0.1) is 0 Å². The maximum Gasteiger partial charge on any atom is 0.257 e. The van der Waals surface area contributed by atoms with Gasteiger partial charge >= 0.3 is 0 Å². The molecule has 6 heteroatoms. The van der Waals surface area contributed by atoms with E-state index in [0.717, 1.165) is 0 Å². The third-order valence-corrected chi connectivity index (χ3v) is 2.44. The number of amides is 1. The second-order valence-corrected chi connectivity index (χ2v) is 3.62. The summed E-state index contributed by atoms with van der Waals surface area (Å²) in [6, 6.07) is 3.08. The maximum atomic E-state index is 11.0. The van der Waals surface area contributed by atoms with Crippen molar-refractivity contribution in [3.63, 3.8) is 0 Å². The van der Waals surface area contributed by atoms with E-state index in [1.807, 2.05) is 0 Å². The van der Waals surface area contributed by atoms with Gasteiger partial charge in [0.15, 0.2) is 6.61 Å². The van der Waals surface area contributed by atoms with Crippen molar-refractivity contribution in [2.24, 2.45) is 0 Å². The van der Waals surface area contributed by atoms with E-state index in [4.69, 9.17) is 26.2 Å². The van der Waals surface area contributed by atoms with Crippen LogP contribution in [0.15, 0.2) is 12.1 Å². The summed E-state index contributed by atoms with van der Waals surface area (Å²) < 4.78 is 10.3. The third-order valence-electron chi connectivity index (χ3n) is 2.14. The molecule has 1 aromatic rings. The van der Waals surface area contributed by atoms with Crippen LogP contribution in [0.3, 0.4) is 0 Å². The highest BCUT2D eigenvalue weighted by Gasteiger charge is 2.10. The molecule has 0 saturated carbocycles. The van der Waals surface area contributed by atoms with Crippen LogP contribution in [0.4, 0.5) is 0 Å². The molecule has 0 spiro atoms. The summed E-state index contributed by atoms with van der Waals surface area (Å²) in [5, 5.41) is 11.8. The second kappa shape index (κ2) is 6.32. The lowest BCUT2D eigenvalue weighted by Crippen LogP contribution is -2.24. The number of aliphatic hydroxyl groups excluding tert-OH is 1. The molecule has 0 fully saturated rings. The smallest absolute Gasteiger partial charge is 0.257 e. The SMILES string of the molecule is CNC(=O)COc1cc(OC)c(CO)cc1Cl. The van der Waals surface area contributed by atoms with E-state index in [9.17, 15) is 4.79 Å². The largest absolute Gasteiger partial charge is 0.496 e. The number of benzene rings is 1. The van der Waals surface area contributed by atoms with Gasteiger partial charge in [-0.05, 0) is 6.07 Å². The van der Waals surface area contributed by atoms with Crippen LogP contribution in [0.25, 0.3) is 0 Å². The first-order valence-electron chi connectivity index (χ1n) is 4.93. The summed E-state index contributed by atoms with van der Waals surface area (Å²) in [4.78, 5) is 11.0. The van der Waals surface area contributed by atoms with Gasteiger partial charge in [0.25, 0.3) is 5.91 Å². The van der Waals surface area contributed by atoms with E-state index in [1.165, 1.54) is 20.2 Å². The first kappa shape index (κ1) is 13.6. The van der Waals surface area contributed by atoms with Gasteiger partial charge in [0, 0.05) is 18.7 Å². The highest BCUT2D eigenvalue weighted by Crippen LogP contribution is 2.32. The van der Waals surface area contributed by atoms with Crippen LogP contribution in [-0.4, -0.2) is 31.8 Å². The molecule has 1 amide bonds. The van der Waals surface area contributed by atoms with Crippen LogP contribution in [-0.2, 0) is 11.4 Å². The van der Waals surface area contributed by atoms with Crippen molar-refractivity contribution in [3.8, 4) is 11.5 Å². The third kappa shape index (κ3) is 3.51. The molecule has 0 unspecified atom stereocenters. The van der Waals surface area contributed by atoms with Crippen molar-refractivity contribution < 1.29 is 19.4 Å². The number of hydrogen-bond donors (Lipinski definition) is 2. The number of methoxy groups -OCH3 is 1. The number of carbonyl (C=O) groups is 1. The second-order valence-electron chi connectivity index (χ2n) is 3.21. The van der Waals surface area contributed by atoms with Crippen LogP contribution < -0.4 is 14.8 Å². The van der Waals surface area contributed by atoms with E-state index in [1.54, 1.807) is 6.07 Å². The first-order chi connectivity index (χ1) is 8.12. The quantitative estimate of drug-likeness (QED) is 0.827. The molecule has 0 aromatic heterocycles. The zero-order valence-electron chi connectivity index (χ0n) is 9.62. The van der Waals surface area contributed by atoms with Gasteiger partial charge in [0.2, 0.25) is 0 Å². The number of halogens is 1. The Morgan fingerprint density at radius 2 is 2.18 bits per heavy atom. The topological polar surface area (TPSA) is 67.8 Å². The molecule has 0 aliphatic carbocycles. The summed E-state index contributed by atoms with van der Waals surface area (Å²) in [6.45, 7) is -0.309. The van der Waals surface area contributed by atoms with Crippen molar-refractivity contribution in [1.29, 1.82) is 0 Å². The Balaban J connectivity index is 2.89. The van der Waals surface area contributed by atoms with Gasteiger partial charge in [-0.1, -0.05) is 11.6 Å². The molecule has 0 aliphatic heterocycles. The van der Waals surface area contributed by atoms with Gasteiger partial charge < -0.3 is 19.9 Å². The van der Waals surface area contributed by atoms with Crippen LogP contribution in [0.5, 0.6) is 11.5 Å². The van der Waals surface area contributed by atoms with Gasteiger partial charge in [-0.25, -0.2) is 0 Å². The fourth-order valence-electron chi connectivity index (χ4n) is 1.22. The number of carbonyl (C=O) groups excluding carboxylic acids is 1. The summed E-state index contributed by atoms with van der Waals surface area (Å²) in [6.07, 6.45) is 0. The Hall–Kier alpha value is -1.46. The molecule has 0 saturated heterocycles. The molecule has 0 heterocycles. The van der Waals surface area contributed by atoms with E-state index in [0.29, 0.717) is 22.1 Å². The maximum absolute atomic E-state index is 11.0. The number of likely N-dealkylation sites (N-methyl/N-ethyl adjacent to an activating group) is 1. The zero-order valence-corrected chi connectivity index (χ0v) is 10.4. The fraction of sp³-hybridized carbons (Fsp3) is 0.364. The molecule has 5 nitrogen and oxygen atoms in total. The minimum atomic E-state index is -0.258. The molecule has 1 aromatic carbocycles. The highest BCUT2D eigenvalue weighted by molar-refractivity contribution is 6.32. The Morgan fingerprint density at radius 1 is 1.47 bits per heavy atom. The molecule has 0 radical (unpaired) electrons. The number of hydrogen-bond acceptors (Lipinski definition) is 4. The molecule has 0 bridgehead atoms. The van der Waals surface area contributed by atoms with Crippen molar-refractivity contribution in [2.45, 2.75) is 6.61 Å². The predicted octanol–water partition coefficient (Wildman–Crippen LogP) is 0.966. The monoisotopic (exact) mass is 259 g/mol. The minimum absolute atomic E-state index is 0.127. The Bertz CT molecular complexity index is 409. The van der Waals surface area contributed by atoms with E-state index in [2.05, 4.69) is 5.32 Å². The number of rotatable bonds is 5. The van der Waals surface area contributed by atoms with Crippen LogP contribution in [0.2, 0.25) is 5.02 Å². The number of aliphatic hydroxyl groups is 1. The lowest BCUT2D eigenvalue weighted by molar-refractivity contribution is -0.122. The average Bonchev–Trinajstić information content (AvgIpc) is 2.36. The number of ether oxygens (including phenoxy) is 2. The van der Waals surface area contributed by atoms with Crippen molar-refractivity contribution in [1.82, 2.24) is 5.32 Å². The standard InChI is InChI=1S/C11H14ClNO4/c1-13-11(15)6-17-10-4-9(16-2)7(5-14)3-8(10)12/h3-4,14H,5-6H2,1-2H3,(H,13,15). The van der Waals surface area contributed by atoms with Crippen molar-refractivity contribution in [3.05, 3.63) is 22.7 Å². The molecule has 0 aliphatic rings. The predicted molar refractivity (Wildman–Crippen MR) is 63.5 cm³/mol. The summed E-state index contributed by atoms with van der Waals surface area (Å²) in [7, 11) is 2.99. The Labute approximate surface area is 104 Å². The van der Waals surface area contributed by atoms with Gasteiger partial charge in [0.1, 0.15) is 11.5 Å². The molecule has 94 valence electrons. The molecule has 1 rings (SSSR count). The summed E-state index contributed by atoms with van der Waals surface area (Å²) >= 11 is 5.94. The number of nitrogens with one attached hydrogen (secondary N) is 1. The Kier molecular flexibility index (Phi) is 5.06. The molecular weight excluding hydrogens is 246 g/mol. The van der Waals surface area contributed by atoms with E-state index >= 15 is 0 Å². The first-order valence-corrected chi connectivity index (χ1v) is 5.30. The molecule has 0 atom stereocenters. The summed E-state index contributed by atoms with van der Waals surface area (Å²) in [5.74, 6) is 0.541. The lowest BCUT2D eigenvalue weighted by Gasteiger charge is -2.12. The van der Waals surface area contributed by atoms with Gasteiger partial charge in [-0.15, -0.1) is 0 Å². The van der Waals surface area contributed by atoms with Gasteiger partial charge in [-0.2, -0.15) is 0 Å². The Morgan fingerprint density at radius 3 is 2.71 bits per heavy atom. The van der Waals surface area contributed by atoms with E-state index < -0.39 is 0 Å². The minimum Gasteiger partial charge on any atom is -0.496 e. The van der Waals surface area contributed by atoms with Crippen LogP contribution >= 0.6 is 11.6 Å². The normalized spacial score (nSPS) is 9.88. The average molecular weight is 260 g/mol. The summed E-state index contributed by atoms with van der Waals surface area (Å²) in [5.41, 5.74) is 0.560. The molecule has 17 heavy (non-hydrogen) atoms. The zero-order chi connectivity index (χ0) is 12.8.